The van der Waals surface area contributed by atoms with E-state index in [4.69, 9.17) is 11.6 Å². The largest absolute Gasteiger partial charge is 0.324 e. The van der Waals surface area contributed by atoms with Gasteiger partial charge in [-0.05, 0) is 75.0 Å². The summed E-state index contributed by atoms with van der Waals surface area (Å²) in [4.78, 5) is 13.1. The Hall–Kier alpha value is -0.540. The standard InChI is InChI=1S/C18H21BrClNO/c1-11-2-3-15(14(20)4-11)21-16(22)17-6-12-5-13(7-17)9-18(19,8-12)10-17/h2-4,12-13H,5-10H2,1H3,(H,21,22). The molecule has 0 aromatic heterocycles. The molecule has 4 heteroatoms. The minimum absolute atomic E-state index is 0.177. The number of hydrogen-bond acceptors (Lipinski definition) is 1. The molecule has 4 aliphatic carbocycles. The highest BCUT2D eigenvalue weighted by Crippen LogP contribution is 2.64. The van der Waals surface area contributed by atoms with Crippen molar-refractivity contribution in [1.29, 1.82) is 0 Å². The zero-order chi connectivity index (χ0) is 15.5. The summed E-state index contributed by atoms with van der Waals surface area (Å²) < 4.78 is 0.200. The van der Waals surface area contributed by atoms with Crippen LogP contribution in [0.2, 0.25) is 5.02 Å². The summed E-state index contributed by atoms with van der Waals surface area (Å²) in [6.45, 7) is 2.01. The Morgan fingerprint density at radius 2 is 1.95 bits per heavy atom. The number of anilines is 1. The van der Waals surface area contributed by atoms with E-state index in [-0.39, 0.29) is 15.6 Å². The summed E-state index contributed by atoms with van der Waals surface area (Å²) in [6, 6.07) is 5.82. The van der Waals surface area contributed by atoms with Gasteiger partial charge in [-0.1, -0.05) is 33.6 Å². The molecule has 1 N–H and O–H groups in total. The topological polar surface area (TPSA) is 29.1 Å². The lowest BCUT2D eigenvalue weighted by Gasteiger charge is -2.59. The zero-order valence-corrected chi connectivity index (χ0v) is 15.1. The third-order valence-electron chi connectivity index (χ3n) is 5.84. The van der Waals surface area contributed by atoms with Crippen LogP contribution < -0.4 is 5.32 Å². The Morgan fingerprint density at radius 1 is 1.27 bits per heavy atom. The van der Waals surface area contributed by atoms with E-state index in [1.807, 2.05) is 25.1 Å². The Labute approximate surface area is 145 Å². The number of halogens is 2. The summed E-state index contributed by atoms with van der Waals surface area (Å²) in [5.74, 6) is 1.59. The van der Waals surface area contributed by atoms with Gasteiger partial charge in [0.1, 0.15) is 0 Å². The van der Waals surface area contributed by atoms with E-state index in [1.54, 1.807) is 0 Å². The monoisotopic (exact) mass is 381 g/mol. The van der Waals surface area contributed by atoms with Crippen LogP contribution in [0, 0.1) is 24.2 Å². The molecule has 2 unspecified atom stereocenters. The van der Waals surface area contributed by atoms with E-state index < -0.39 is 0 Å². The van der Waals surface area contributed by atoms with Crippen molar-refractivity contribution in [3.05, 3.63) is 28.8 Å². The van der Waals surface area contributed by atoms with E-state index in [9.17, 15) is 4.79 Å². The van der Waals surface area contributed by atoms with Gasteiger partial charge in [0.25, 0.3) is 0 Å². The Kier molecular flexibility index (Phi) is 3.40. The molecule has 0 saturated heterocycles. The van der Waals surface area contributed by atoms with E-state index in [0.29, 0.717) is 16.9 Å². The van der Waals surface area contributed by atoms with Gasteiger partial charge < -0.3 is 5.32 Å². The Balaban J connectivity index is 1.60. The highest BCUT2D eigenvalue weighted by molar-refractivity contribution is 9.10. The molecule has 2 nitrogen and oxygen atoms in total. The highest BCUT2D eigenvalue weighted by atomic mass is 79.9. The number of hydrogen-bond donors (Lipinski definition) is 1. The maximum atomic E-state index is 13.1. The van der Waals surface area contributed by atoms with E-state index >= 15 is 0 Å². The first kappa shape index (κ1) is 15.0. The highest BCUT2D eigenvalue weighted by Gasteiger charge is 2.59. The maximum Gasteiger partial charge on any atom is 0.230 e. The second-order valence-corrected chi connectivity index (χ2v) is 9.92. The first-order valence-corrected chi connectivity index (χ1v) is 9.31. The third kappa shape index (κ3) is 2.41. The van der Waals surface area contributed by atoms with Crippen LogP contribution >= 0.6 is 27.5 Å². The van der Waals surface area contributed by atoms with Gasteiger partial charge in [0, 0.05) is 4.32 Å². The SMILES string of the molecule is Cc1ccc(NC(=O)C23CC4CC(CC(Br)(C4)C2)C3)c(Cl)c1. The predicted octanol–water partition coefficient (Wildman–Crippen LogP) is 5.32. The van der Waals surface area contributed by atoms with Crippen LogP contribution in [0.1, 0.15) is 44.1 Å². The summed E-state index contributed by atoms with van der Waals surface area (Å²) in [5, 5.41) is 3.75. The number of benzene rings is 1. The second kappa shape index (κ2) is 4.98. The summed E-state index contributed by atoms with van der Waals surface area (Å²) in [5.41, 5.74) is 1.66. The number of carbonyl (C=O) groups is 1. The molecule has 0 heterocycles. The van der Waals surface area contributed by atoms with Crippen LogP contribution in [-0.4, -0.2) is 10.2 Å². The quantitative estimate of drug-likeness (QED) is 0.689. The molecule has 5 rings (SSSR count). The summed E-state index contributed by atoms with van der Waals surface area (Å²) in [6.07, 6.45) is 6.86. The van der Waals surface area contributed by atoms with Gasteiger partial charge in [-0.3, -0.25) is 4.79 Å². The van der Waals surface area contributed by atoms with Crippen LogP contribution in [-0.2, 0) is 4.79 Å². The van der Waals surface area contributed by atoms with Crippen molar-refractivity contribution in [2.24, 2.45) is 17.3 Å². The van der Waals surface area contributed by atoms with Crippen molar-refractivity contribution >= 4 is 39.1 Å². The number of carbonyl (C=O) groups excluding carboxylic acids is 1. The number of alkyl halides is 1. The molecule has 4 fully saturated rings. The molecule has 0 radical (unpaired) electrons. The van der Waals surface area contributed by atoms with Crippen molar-refractivity contribution in [2.45, 2.75) is 49.8 Å². The average molecular weight is 383 g/mol. The molecule has 1 amide bonds. The first-order valence-electron chi connectivity index (χ1n) is 8.14. The van der Waals surface area contributed by atoms with Gasteiger partial charge >= 0.3 is 0 Å². The van der Waals surface area contributed by atoms with Crippen LogP contribution in [0.3, 0.4) is 0 Å². The summed E-state index contributed by atoms with van der Waals surface area (Å²) >= 11 is 10.2. The van der Waals surface area contributed by atoms with Gasteiger partial charge in [-0.2, -0.15) is 0 Å². The van der Waals surface area contributed by atoms with Gasteiger partial charge in [-0.15, -0.1) is 0 Å². The van der Waals surface area contributed by atoms with Crippen LogP contribution in [0.4, 0.5) is 5.69 Å². The van der Waals surface area contributed by atoms with Crippen molar-refractivity contribution in [3.8, 4) is 0 Å². The van der Waals surface area contributed by atoms with Gasteiger partial charge in [0.2, 0.25) is 5.91 Å². The minimum Gasteiger partial charge on any atom is -0.324 e. The van der Waals surface area contributed by atoms with Gasteiger partial charge in [0.05, 0.1) is 16.1 Å². The molecule has 2 atom stereocenters. The molecule has 4 bridgehead atoms. The second-order valence-electron chi connectivity index (χ2n) is 7.83. The molecule has 1 aromatic rings. The predicted molar refractivity (Wildman–Crippen MR) is 93.6 cm³/mol. The fourth-order valence-corrected chi connectivity index (χ4v) is 7.13. The fraction of sp³-hybridized carbons (Fsp3) is 0.611. The van der Waals surface area contributed by atoms with Gasteiger partial charge in [0.15, 0.2) is 0 Å². The Morgan fingerprint density at radius 3 is 2.55 bits per heavy atom. The lowest BCUT2D eigenvalue weighted by molar-refractivity contribution is -0.138. The normalized spacial score (nSPS) is 39.0. The molecule has 4 aliphatic rings. The number of amides is 1. The number of nitrogens with one attached hydrogen (secondary N) is 1. The fourth-order valence-electron chi connectivity index (χ4n) is 5.39. The molecule has 22 heavy (non-hydrogen) atoms. The van der Waals surface area contributed by atoms with E-state index in [0.717, 1.165) is 30.5 Å². The van der Waals surface area contributed by atoms with Crippen molar-refractivity contribution < 1.29 is 4.79 Å². The van der Waals surface area contributed by atoms with Gasteiger partial charge in [-0.25, -0.2) is 0 Å². The molecule has 4 saturated carbocycles. The molecular weight excluding hydrogens is 362 g/mol. The third-order valence-corrected chi connectivity index (χ3v) is 7.08. The smallest absolute Gasteiger partial charge is 0.230 e. The first-order chi connectivity index (χ1) is 10.4. The average Bonchev–Trinajstić information content (AvgIpc) is 2.39. The Bertz CT molecular complexity index is 630. The molecule has 1 aromatic carbocycles. The van der Waals surface area contributed by atoms with Crippen molar-refractivity contribution in [1.82, 2.24) is 0 Å². The maximum absolute atomic E-state index is 13.1. The summed E-state index contributed by atoms with van der Waals surface area (Å²) in [7, 11) is 0. The van der Waals surface area contributed by atoms with Crippen molar-refractivity contribution in [2.75, 3.05) is 5.32 Å². The molecule has 118 valence electrons. The molecule has 0 aliphatic heterocycles. The lowest BCUT2D eigenvalue weighted by atomic mass is 9.49. The molecular formula is C18H21BrClNO. The lowest BCUT2D eigenvalue weighted by Crippen LogP contribution is -2.57. The van der Waals surface area contributed by atoms with Crippen molar-refractivity contribution in [3.63, 3.8) is 0 Å². The van der Waals surface area contributed by atoms with Crippen LogP contribution in [0.25, 0.3) is 0 Å². The van der Waals surface area contributed by atoms with Crippen LogP contribution in [0.15, 0.2) is 18.2 Å². The van der Waals surface area contributed by atoms with Crippen LogP contribution in [0.5, 0.6) is 0 Å². The minimum atomic E-state index is -0.193. The number of aryl methyl sites for hydroxylation is 1. The van der Waals surface area contributed by atoms with E-state index in [1.165, 1.54) is 19.3 Å². The van der Waals surface area contributed by atoms with E-state index in [2.05, 4.69) is 21.2 Å². The molecule has 0 spiro atoms. The number of rotatable bonds is 2. The zero-order valence-electron chi connectivity index (χ0n) is 12.8.